The maximum atomic E-state index is 13.0. The van der Waals surface area contributed by atoms with Gasteiger partial charge in [0.25, 0.3) is 0 Å². The summed E-state index contributed by atoms with van der Waals surface area (Å²) in [6.45, 7) is 4.25. The number of pyridine rings is 1. The summed E-state index contributed by atoms with van der Waals surface area (Å²) >= 11 is 5.73. The first-order valence-corrected chi connectivity index (χ1v) is 13.1. The van der Waals surface area contributed by atoms with Gasteiger partial charge in [-0.05, 0) is 63.7 Å². The maximum Gasteiger partial charge on any atom is 0.242 e. The highest BCUT2D eigenvalue weighted by Gasteiger charge is 2.36. The van der Waals surface area contributed by atoms with Crippen molar-refractivity contribution in [3.63, 3.8) is 0 Å². The van der Waals surface area contributed by atoms with Crippen molar-refractivity contribution in [1.82, 2.24) is 24.4 Å². The third kappa shape index (κ3) is 5.41. The van der Waals surface area contributed by atoms with Gasteiger partial charge in [-0.3, -0.25) is 9.59 Å². The van der Waals surface area contributed by atoms with Gasteiger partial charge in [0, 0.05) is 31.9 Å². The van der Waals surface area contributed by atoms with E-state index in [1.807, 2.05) is 4.90 Å². The Morgan fingerprint density at radius 2 is 1.84 bits per heavy atom. The summed E-state index contributed by atoms with van der Waals surface area (Å²) in [6.07, 6.45) is 6.59. The van der Waals surface area contributed by atoms with E-state index in [1.54, 1.807) is 0 Å². The fraction of sp³-hybridized carbons (Fsp3) is 0.667. The van der Waals surface area contributed by atoms with Crippen LogP contribution < -0.4 is 4.72 Å². The van der Waals surface area contributed by atoms with E-state index in [2.05, 4.69) is 14.6 Å². The largest absolute Gasteiger partial charge is 0.337 e. The molecule has 2 atom stereocenters. The van der Waals surface area contributed by atoms with Crippen molar-refractivity contribution in [2.75, 3.05) is 39.3 Å². The quantitative estimate of drug-likeness (QED) is 0.582. The van der Waals surface area contributed by atoms with Gasteiger partial charge in [-0.2, -0.15) is 4.72 Å². The number of carbonyl (C=O) groups excluding carboxylic acids is 2. The lowest BCUT2D eigenvalue weighted by Crippen LogP contribution is -2.55. The van der Waals surface area contributed by atoms with E-state index < -0.39 is 16.1 Å². The number of nitrogens with one attached hydrogen (secondary N) is 1. The van der Waals surface area contributed by atoms with Gasteiger partial charge in [0.1, 0.15) is 16.1 Å². The van der Waals surface area contributed by atoms with Crippen LogP contribution in [-0.2, 0) is 19.6 Å². The molecule has 2 unspecified atom stereocenters. The number of aromatic nitrogens is 1. The molecule has 0 aliphatic carbocycles. The van der Waals surface area contributed by atoms with Crippen LogP contribution in [0.15, 0.2) is 23.2 Å². The monoisotopic (exact) mass is 483 g/mol. The minimum absolute atomic E-state index is 0.00391. The van der Waals surface area contributed by atoms with Crippen LogP contribution in [0.4, 0.5) is 0 Å². The van der Waals surface area contributed by atoms with Gasteiger partial charge in [0.05, 0.1) is 6.54 Å². The fourth-order valence-corrected chi connectivity index (χ4v) is 6.13. The second-order valence-corrected chi connectivity index (χ2v) is 10.9. The Kier molecular flexibility index (Phi) is 7.34. The van der Waals surface area contributed by atoms with Crippen molar-refractivity contribution in [2.24, 2.45) is 0 Å². The van der Waals surface area contributed by atoms with E-state index in [1.165, 1.54) is 29.9 Å². The Bertz CT molecular complexity index is 936. The van der Waals surface area contributed by atoms with Gasteiger partial charge >= 0.3 is 0 Å². The molecule has 11 heteroatoms. The second-order valence-electron chi connectivity index (χ2n) is 8.78. The van der Waals surface area contributed by atoms with Gasteiger partial charge in [0.15, 0.2) is 0 Å². The van der Waals surface area contributed by atoms with E-state index in [4.69, 9.17) is 11.6 Å². The van der Waals surface area contributed by atoms with Crippen molar-refractivity contribution in [1.29, 1.82) is 0 Å². The number of piperidine rings is 1. The van der Waals surface area contributed by atoms with Crippen LogP contribution >= 0.6 is 11.6 Å². The van der Waals surface area contributed by atoms with E-state index in [0.29, 0.717) is 19.4 Å². The lowest BCUT2D eigenvalue weighted by Gasteiger charge is -2.34. The number of hydrogen-bond acceptors (Lipinski definition) is 6. The van der Waals surface area contributed by atoms with Gasteiger partial charge in [-0.25, -0.2) is 13.4 Å². The van der Waals surface area contributed by atoms with E-state index in [0.717, 1.165) is 45.2 Å². The zero-order valence-corrected chi connectivity index (χ0v) is 19.7. The van der Waals surface area contributed by atoms with Crippen molar-refractivity contribution >= 4 is 33.4 Å². The average Bonchev–Trinajstić information content (AvgIpc) is 3.44. The molecule has 4 rings (SSSR count). The molecule has 3 aliphatic heterocycles. The number of amides is 2. The molecule has 3 fully saturated rings. The molecular weight excluding hydrogens is 454 g/mol. The number of halogens is 1. The van der Waals surface area contributed by atoms with E-state index in [-0.39, 0.29) is 34.4 Å². The average molecular weight is 484 g/mol. The molecule has 32 heavy (non-hydrogen) atoms. The molecule has 0 saturated carbocycles. The highest BCUT2D eigenvalue weighted by Crippen LogP contribution is 2.22. The Hall–Kier alpha value is -1.75. The third-order valence-corrected chi connectivity index (χ3v) is 8.21. The predicted octanol–water partition coefficient (Wildman–Crippen LogP) is 1.09. The topological polar surface area (TPSA) is 103 Å². The van der Waals surface area contributed by atoms with Crippen LogP contribution in [0, 0.1) is 0 Å². The number of hydrogen-bond donors (Lipinski definition) is 1. The maximum absolute atomic E-state index is 13.0. The molecule has 3 saturated heterocycles. The zero-order valence-electron chi connectivity index (χ0n) is 18.1. The van der Waals surface area contributed by atoms with Crippen molar-refractivity contribution in [3.8, 4) is 0 Å². The summed E-state index contributed by atoms with van der Waals surface area (Å²) in [5.41, 5.74) is 0. The molecule has 1 aromatic heterocycles. The molecule has 9 nitrogen and oxygen atoms in total. The summed E-state index contributed by atoms with van der Waals surface area (Å²) < 4.78 is 27.8. The van der Waals surface area contributed by atoms with E-state index >= 15 is 0 Å². The normalized spacial score (nSPS) is 25.0. The molecule has 0 aromatic carbocycles. The predicted molar refractivity (Wildman–Crippen MR) is 120 cm³/mol. The molecule has 4 heterocycles. The fourth-order valence-electron chi connectivity index (χ4n) is 4.85. The molecule has 176 valence electrons. The molecule has 0 bridgehead atoms. The van der Waals surface area contributed by atoms with Crippen LogP contribution in [0.2, 0.25) is 5.15 Å². The Morgan fingerprint density at radius 1 is 1.09 bits per heavy atom. The van der Waals surface area contributed by atoms with Crippen molar-refractivity contribution in [2.45, 2.75) is 55.5 Å². The smallest absolute Gasteiger partial charge is 0.242 e. The van der Waals surface area contributed by atoms with Crippen molar-refractivity contribution in [3.05, 3.63) is 23.5 Å². The molecule has 3 aliphatic rings. The lowest BCUT2D eigenvalue weighted by molar-refractivity contribution is -0.143. The first-order valence-electron chi connectivity index (χ1n) is 11.3. The molecule has 2 amide bonds. The highest BCUT2D eigenvalue weighted by atomic mass is 35.5. The third-order valence-electron chi connectivity index (χ3n) is 6.53. The Balaban J connectivity index is 1.36. The zero-order chi connectivity index (χ0) is 22.7. The minimum Gasteiger partial charge on any atom is -0.337 e. The number of carbonyl (C=O) groups is 2. The minimum atomic E-state index is -3.92. The summed E-state index contributed by atoms with van der Waals surface area (Å²) in [4.78, 5) is 35.6. The molecule has 1 aromatic rings. The van der Waals surface area contributed by atoms with Gasteiger partial charge in [-0.15, -0.1) is 0 Å². The Morgan fingerprint density at radius 3 is 2.56 bits per heavy atom. The lowest BCUT2D eigenvalue weighted by atomic mass is 10.1. The van der Waals surface area contributed by atoms with E-state index in [9.17, 15) is 18.0 Å². The standard InChI is InChI=1S/C21H30ClN5O4S/c22-19-8-7-17(13-23-19)32(30,31)24-18-6-4-11-26(21(18)29)15-20(28)27-12-3-5-16(27)14-25-9-1-2-10-25/h7-8,13,16,18,24H,1-6,9-12,14-15H2. The number of nitrogens with zero attached hydrogens (tertiary/aromatic N) is 4. The highest BCUT2D eigenvalue weighted by molar-refractivity contribution is 7.89. The van der Waals surface area contributed by atoms with Gasteiger partial charge < -0.3 is 14.7 Å². The van der Waals surface area contributed by atoms with Crippen LogP contribution in [0.3, 0.4) is 0 Å². The van der Waals surface area contributed by atoms with Gasteiger partial charge in [0.2, 0.25) is 21.8 Å². The van der Waals surface area contributed by atoms with Crippen LogP contribution in [-0.4, -0.2) is 91.3 Å². The first-order chi connectivity index (χ1) is 15.3. The van der Waals surface area contributed by atoms with Crippen LogP contribution in [0.25, 0.3) is 0 Å². The molecule has 0 spiro atoms. The Labute approximate surface area is 194 Å². The van der Waals surface area contributed by atoms with Crippen LogP contribution in [0.5, 0.6) is 0 Å². The molecular formula is C21H30ClN5O4S. The molecule has 1 N–H and O–H groups in total. The van der Waals surface area contributed by atoms with Crippen LogP contribution in [0.1, 0.15) is 38.5 Å². The summed E-state index contributed by atoms with van der Waals surface area (Å²) in [7, 11) is -3.92. The summed E-state index contributed by atoms with van der Waals surface area (Å²) in [5, 5.41) is 0.187. The number of sulfonamides is 1. The number of rotatable bonds is 7. The summed E-state index contributed by atoms with van der Waals surface area (Å²) in [6, 6.07) is 2.04. The summed E-state index contributed by atoms with van der Waals surface area (Å²) in [5.74, 6) is -0.407. The SMILES string of the molecule is O=C1C(NS(=O)(=O)c2ccc(Cl)nc2)CCCN1CC(=O)N1CCCC1CN1CCCC1. The molecule has 0 radical (unpaired) electrons. The number of likely N-dealkylation sites (tertiary alicyclic amines) is 3. The van der Waals surface area contributed by atoms with Gasteiger partial charge in [-0.1, -0.05) is 11.6 Å². The van der Waals surface area contributed by atoms with Crippen molar-refractivity contribution < 1.29 is 18.0 Å². The first kappa shape index (κ1) is 23.4. The second kappa shape index (κ2) is 10.0.